The molecule has 3 rings (SSSR count). The molecular weight excluding hydrogens is 328 g/mol. The van der Waals surface area contributed by atoms with Crippen molar-refractivity contribution in [1.82, 2.24) is 9.80 Å². The van der Waals surface area contributed by atoms with Gasteiger partial charge in [0.2, 0.25) is 5.91 Å². The number of ether oxygens (including phenoxy) is 1. The molecule has 142 valence electrons. The van der Waals surface area contributed by atoms with Crippen molar-refractivity contribution in [2.45, 2.75) is 44.6 Å². The zero-order chi connectivity index (χ0) is 18.5. The molecular formula is C21H30N2O3. The first-order valence-electron chi connectivity index (χ1n) is 9.57. The Hall–Kier alpha value is -2.01. The highest BCUT2D eigenvalue weighted by molar-refractivity contribution is 5.88. The summed E-state index contributed by atoms with van der Waals surface area (Å²) in [7, 11) is 5.71. The van der Waals surface area contributed by atoms with Crippen LogP contribution in [0.2, 0.25) is 0 Å². The molecule has 0 bridgehead atoms. The molecule has 1 aliphatic carbocycles. The fraction of sp³-hybridized carbons (Fsp3) is 0.571. The Morgan fingerprint density at radius 3 is 2.69 bits per heavy atom. The number of rotatable bonds is 7. The van der Waals surface area contributed by atoms with Crippen LogP contribution in [0, 0.1) is 0 Å². The van der Waals surface area contributed by atoms with Gasteiger partial charge >= 0.3 is 0 Å². The van der Waals surface area contributed by atoms with Crippen molar-refractivity contribution >= 4 is 16.9 Å². The molecule has 26 heavy (non-hydrogen) atoms. The maximum absolute atomic E-state index is 12.6. The van der Waals surface area contributed by atoms with Crippen LogP contribution in [0.3, 0.4) is 0 Å². The van der Waals surface area contributed by atoms with Crippen LogP contribution in [0.5, 0.6) is 5.75 Å². The van der Waals surface area contributed by atoms with Gasteiger partial charge in [-0.15, -0.1) is 0 Å². The number of benzene rings is 1. The second-order valence-corrected chi connectivity index (χ2v) is 7.39. The van der Waals surface area contributed by atoms with Gasteiger partial charge in [0.25, 0.3) is 0 Å². The van der Waals surface area contributed by atoms with Gasteiger partial charge in [0.1, 0.15) is 11.3 Å². The van der Waals surface area contributed by atoms with Crippen LogP contribution in [-0.2, 0) is 11.2 Å². The van der Waals surface area contributed by atoms with Crippen molar-refractivity contribution in [2.75, 3.05) is 34.3 Å². The quantitative estimate of drug-likeness (QED) is 0.757. The standard InChI is InChI=1S/C21H30N2O3/c1-22(17-7-5-4-6-8-17)11-12-23(2)21(24)13-16-15-26-20-14-18(25-3)9-10-19(16)20/h9-10,14-15,17H,4-8,11-13H2,1-3H3. The maximum atomic E-state index is 12.6. The molecule has 0 spiro atoms. The Kier molecular flexibility index (Phi) is 6.20. The molecule has 0 N–H and O–H groups in total. The summed E-state index contributed by atoms with van der Waals surface area (Å²) in [6.45, 7) is 1.69. The Morgan fingerprint density at radius 1 is 1.19 bits per heavy atom. The van der Waals surface area contributed by atoms with E-state index in [2.05, 4.69) is 11.9 Å². The number of likely N-dealkylation sites (N-methyl/N-ethyl adjacent to an activating group) is 2. The summed E-state index contributed by atoms with van der Waals surface area (Å²) < 4.78 is 10.8. The molecule has 0 saturated heterocycles. The molecule has 1 aliphatic rings. The molecule has 0 unspecified atom stereocenters. The van der Waals surface area contributed by atoms with Gasteiger partial charge in [-0.3, -0.25) is 4.79 Å². The van der Waals surface area contributed by atoms with Crippen molar-refractivity contribution in [1.29, 1.82) is 0 Å². The summed E-state index contributed by atoms with van der Waals surface area (Å²) >= 11 is 0. The highest BCUT2D eigenvalue weighted by Crippen LogP contribution is 2.26. The smallest absolute Gasteiger partial charge is 0.226 e. The third kappa shape index (κ3) is 4.39. The summed E-state index contributed by atoms with van der Waals surface area (Å²) in [4.78, 5) is 16.9. The lowest BCUT2D eigenvalue weighted by Crippen LogP contribution is -2.40. The fourth-order valence-electron chi connectivity index (χ4n) is 3.76. The van der Waals surface area contributed by atoms with E-state index in [0.717, 1.165) is 35.4 Å². The number of carbonyl (C=O) groups excluding carboxylic acids is 1. The lowest BCUT2D eigenvalue weighted by atomic mass is 9.94. The van der Waals surface area contributed by atoms with E-state index in [1.165, 1.54) is 32.1 Å². The molecule has 1 aromatic heterocycles. The average molecular weight is 358 g/mol. The van der Waals surface area contributed by atoms with Crippen molar-refractivity contribution in [3.63, 3.8) is 0 Å². The molecule has 1 saturated carbocycles. The maximum Gasteiger partial charge on any atom is 0.226 e. The summed E-state index contributed by atoms with van der Waals surface area (Å²) in [5, 5.41) is 0.979. The van der Waals surface area contributed by atoms with Gasteiger partial charge in [0.15, 0.2) is 0 Å². The first-order chi connectivity index (χ1) is 12.6. The predicted molar refractivity (Wildman–Crippen MR) is 104 cm³/mol. The van der Waals surface area contributed by atoms with Gasteiger partial charge in [0.05, 0.1) is 19.8 Å². The Labute approximate surface area is 155 Å². The number of fused-ring (bicyclic) bond motifs is 1. The molecule has 0 aliphatic heterocycles. The van der Waals surface area contributed by atoms with Crippen LogP contribution in [-0.4, -0.2) is 56.0 Å². The van der Waals surface area contributed by atoms with Crippen LogP contribution < -0.4 is 4.74 Å². The molecule has 2 aromatic rings. The normalized spacial score (nSPS) is 15.5. The SMILES string of the molecule is COc1ccc2c(CC(=O)N(C)CCN(C)C3CCCCC3)coc2c1. The largest absolute Gasteiger partial charge is 0.497 e. The average Bonchev–Trinajstić information content (AvgIpc) is 3.08. The molecule has 5 heteroatoms. The van der Waals surface area contributed by atoms with Gasteiger partial charge in [-0.2, -0.15) is 0 Å². The number of methoxy groups -OCH3 is 1. The zero-order valence-corrected chi connectivity index (χ0v) is 16.2. The molecule has 1 amide bonds. The zero-order valence-electron chi connectivity index (χ0n) is 16.2. The van der Waals surface area contributed by atoms with Crippen molar-refractivity contribution in [3.05, 3.63) is 30.0 Å². The molecule has 1 heterocycles. The minimum Gasteiger partial charge on any atom is -0.497 e. The topological polar surface area (TPSA) is 45.9 Å². The van der Waals surface area contributed by atoms with E-state index in [0.29, 0.717) is 12.5 Å². The van der Waals surface area contributed by atoms with Gasteiger partial charge in [-0.25, -0.2) is 0 Å². The number of hydrogen-bond donors (Lipinski definition) is 0. The van der Waals surface area contributed by atoms with Gasteiger partial charge < -0.3 is 19.0 Å². The first kappa shape index (κ1) is 18.8. The Bertz CT molecular complexity index is 734. The van der Waals surface area contributed by atoms with E-state index in [1.54, 1.807) is 13.4 Å². The summed E-state index contributed by atoms with van der Waals surface area (Å²) in [6.07, 6.45) is 8.67. The molecule has 0 atom stereocenters. The van der Waals surface area contributed by atoms with E-state index in [1.807, 2.05) is 30.1 Å². The number of hydrogen-bond acceptors (Lipinski definition) is 4. The van der Waals surface area contributed by atoms with E-state index >= 15 is 0 Å². The van der Waals surface area contributed by atoms with Crippen LogP contribution in [0.15, 0.2) is 28.9 Å². The minimum absolute atomic E-state index is 0.126. The van der Waals surface area contributed by atoms with E-state index in [-0.39, 0.29) is 5.91 Å². The Morgan fingerprint density at radius 2 is 1.96 bits per heavy atom. The number of carbonyl (C=O) groups is 1. The third-order valence-electron chi connectivity index (χ3n) is 5.62. The number of amides is 1. The third-order valence-corrected chi connectivity index (χ3v) is 5.62. The summed E-state index contributed by atoms with van der Waals surface area (Å²) in [5.74, 6) is 0.883. The van der Waals surface area contributed by atoms with Gasteiger partial charge in [-0.1, -0.05) is 19.3 Å². The van der Waals surface area contributed by atoms with Crippen LogP contribution in [0.25, 0.3) is 11.0 Å². The highest BCUT2D eigenvalue weighted by atomic mass is 16.5. The predicted octanol–water partition coefficient (Wildman–Crippen LogP) is 3.71. The number of nitrogens with zero attached hydrogens (tertiary/aromatic N) is 2. The number of furan rings is 1. The Balaban J connectivity index is 1.54. The summed E-state index contributed by atoms with van der Waals surface area (Å²) in [6, 6.07) is 6.39. The van der Waals surface area contributed by atoms with E-state index in [9.17, 15) is 4.79 Å². The van der Waals surface area contributed by atoms with Crippen LogP contribution in [0.1, 0.15) is 37.7 Å². The monoisotopic (exact) mass is 358 g/mol. The lowest BCUT2D eigenvalue weighted by molar-refractivity contribution is -0.129. The van der Waals surface area contributed by atoms with E-state index in [4.69, 9.17) is 9.15 Å². The van der Waals surface area contributed by atoms with Gasteiger partial charge in [-0.05, 0) is 32.0 Å². The van der Waals surface area contributed by atoms with Crippen LogP contribution >= 0.6 is 0 Å². The first-order valence-corrected chi connectivity index (χ1v) is 9.57. The second-order valence-electron chi connectivity index (χ2n) is 7.39. The fourth-order valence-corrected chi connectivity index (χ4v) is 3.76. The van der Waals surface area contributed by atoms with E-state index < -0.39 is 0 Å². The minimum atomic E-state index is 0.126. The molecule has 5 nitrogen and oxygen atoms in total. The van der Waals surface area contributed by atoms with Crippen molar-refractivity contribution < 1.29 is 13.9 Å². The molecule has 1 fully saturated rings. The van der Waals surface area contributed by atoms with Crippen LogP contribution in [0.4, 0.5) is 0 Å². The second kappa shape index (κ2) is 8.58. The van der Waals surface area contributed by atoms with Gasteiger partial charge in [0, 0.05) is 43.2 Å². The summed E-state index contributed by atoms with van der Waals surface area (Å²) in [5.41, 5.74) is 1.69. The molecule has 1 aromatic carbocycles. The van der Waals surface area contributed by atoms with Crippen molar-refractivity contribution in [2.24, 2.45) is 0 Å². The molecule has 0 radical (unpaired) electrons. The lowest BCUT2D eigenvalue weighted by Gasteiger charge is -2.32. The van der Waals surface area contributed by atoms with Crippen molar-refractivity contribution in [3.8, 4) is 5.75 Å². The highest BCUT2D eigenvalue weighted by Gasteiger charge is 2.19.